The number of benzene rings is 1. The summed E-state index contributed by atoms with van der Waals surface area (Å²) in [6.07, 6.45) is 0.334. The predicted molar refractivity (Wildman–Crippen MR) is 83.9 cm³/mol. The molecule has 1 aliphatic rings. The summed E-state index contributed by atoms with van der Waals surface area (Å²) in [5.74, 6) is -2.59. The summed E-state index contributed by atoms with van der Waals surface area (Å²) in [5, 5.41) is 9.77. The zero-order valence-electron chi connectivity index (χ0n) is 13.7. The van der Waals surface area contributed by atoms with Crippen LogP contribution in [0.25, 0.3) is 0 Å². The molecule has 1 saturated carbocycles. The molecule has 1 fully saturated rings. The summed E-state index contributed by atoms with van der Waals surface area (Å²) < 4.78 is 5.38. The van der Waals surface area contributed by atoms with Crippen LogP contribution in [0.2, 0.25) is 0 Å². The van der Waals surface area contributed by atoms with Crippen molar-refractivity contribution >= 4 is 17.7 Å². The smallest absolute Gasteiger partial charge is 0.321 e. The van der Waals surface area contributed by atoms with Gasteiger partial charge in [0.15, 0.2) is 11.2 Å². The topological polar surface area (TPSA) is 80.7 Å². The van der Waals surface area contributed by atoms with Gasteiger partial charge in [-0.25, -0.2) is 0 Å². The van der Waals surface area contributed by atoms with Gasteiger partial charge in [0.25, 0.3) is 0 Å². The molecule has 2 unspecified atom stereocenters. The first-order valence-corrected chi connectivity index (χ1v) is 7.72. The van der Waals surface area contributed by atoms with Crippen molar-refractivity contribution in [1.29, 1.82) is 0 Å². The third kappa shape index (κ3) is 3.44. The number of aliphatic carboxylic acids is 1. The normalized spacial score (nSPS) is 25.0. The number of esters is 1. The highest BCUT2D eigenvalue weighted by molar-refractivity contribution is 6.10. The fraction of sp³-hybridized carbons (Fsp3) is 0.500. The molecule has 0 aliphatic heterocycles. The minimum atomic E-state index is -1.67. The van der Waals surface area contributed by atoms with Crippen LogP contribution in [-0.4, -0.2) is 28.4 Å². The van der Waals surface area contributed by atoms with E-state index in [1.807, 2.05) is 0 Å². The SMILES string of the molecule is CC(C)(C)OC(=O)C1CCC(=O)C(C(=O)O)(c2ccccc2)C1. The maximum Gasteiger partial charge on any atom is 0.321 e. The summed E-state index contributed by atoms with van der Waals surface area (Å²) in [7, 11) is 0. The molecule has 1 aliphatic carbocycles. The lowest BCUT2D eigenvalue weighted by molar-refractivity contribution is -0.164. The van der Waals surface area contributed by atoms with Crippen molar-refractivity contribution in [1.82, 2.24) is 0 Å². The van der Waals surface area contributed by atoms with E-state index in [9.17, 15) is 19.5 Å². The monoisotopic (exact) mass is 318 g/mol. The Morgan fingerprint density at radius 3 is 2.35 bits per heavy atom. The number of rotatable bonds is 3. The van der Waals surface area contributed by atoms with Crippen molar-refractivity contribution < 1.29 is 24.2 Å². The average Bonchev–Trinajstić information content (AvgIpc) is 2.46. The van der Waals surface area contributed by atoms with E-state index in [-0.39, 0.29) is 18.6 Å². The molecule has 2 atom stereocenters. The van der Waals surface area contributed by atoms with Gasteiger partial charge in [0, 0.05) is 6.42 Å². The number of carbonyl (C=O) groups is 3. The number of carboxylic acids is 1. The summed E-state index contributed by atoms with van der Waals surface area (Å²) in [6, 6.07) is 8.42. The highest BCUT2D eigenvalue weighted by atomic mass is 16.6. The largest absolute Gasteiger partial charge is 0.480 e. The predicted octanol–water partition coefficient (Wildman–Crippen LogP) is 2.72. The first-order chi connectivity index (χ1) is 10.7. The van der Waals surface area contributed by atoms with E-state index >= 15 is 0 Å². The molecule has 124 valence electrons. The van der Waals surface area contributed by atoms with Crippen LogP contribution in [-0.2, 0) is 24.5 Å². The van der Waals surface area contributed by atoms with Crippen LogP contribution in [0.15, 0.2) is 30.3 Å². The van der Waals surface area contributed by atoms with Gasteiger partial charge in [0.2, 0.25) is 0 Å². The van der Waals surface area contributed by atoms with Gasteiger partial charge < -0.3 is 9.84 Å². The molecule has 0 aromatic heterocycles. The molecule has 0 amide bonds. The van der Waals surface area contributed by atoms with Crippen molar-refractivity contribution in [3.63, 3.8) is 0 Å². The van der Waals surface area contributed by atoms with Gasteiger partial charge in [-0.15, -0.1) is 0 Å². The Hall–Kier alpha value is -2.17. The second-order valence-electron chi connectivity index (χ2n) is 6.97. The molecule has 0 spiro atoms. The van der Waals surface area contributed by atoms with Gasteiger partial charge in [0.05, 0.1) is 5.92 Å². The quantitative estimate of drug-likeness (QED) is 0.684. The molecule has 1 aromatic rings. The van der Waals surface area contributed by atoms with E-state index in [2.05, 4.69) is 0 Å². The van der Waals surface area contributed by atoms with Crippen molar-refractivity contribution in [2.75, 3.05) is 0 Å². The summed E-state index contributed by atoms with van der Waals surface area (Å²) >= 11 is 0. The highest BCUT2D eigenvalue weighted by Gasteiger charge is 2.52. The van der Waals surface area contributed by atoms with Crippen LogP contribution in [0.3, 0.4) is 0 Å². The molecule has 2 rings (SSSR count). The van der Waals surface area contributed by atoms with Crippen LogP contribution < -0.4 is 0 Å². The molecule has 5 heteroatoms. The van der Waals surface area contributed by atoms with E-state index < -0.39 is 28.9 Å². The van der Waals surface area contributed by atoms with Crippen LogP contribution in [0, 0.1) is 5.92 Å². The zero-order chi connectivity index (χ0) is 17.3. The fourth-order valence-corrected chi connectivity index (χ4v) is 3.02. The van der Waals surface area contributed by atoms with Gasteiger partial charge in [-0.3, -0.25) is 14.4 Å². The number of ether oxygens (including phenoxy) is 1. The lowest BCUT2D eigenvalue weighted by Crippen LogP contribution is -2.50. The molecular weight excluding hydrogens is 296 g/mol. The summed E-state index contributed by atoms with van der Waals surface area (Å²) in [4.78, 5) is 36.8. The van der Waals surface area contributed by atoms with Gasteiger partial charge >= 0.3 is 11.9 Å². The van der Waals surface area contributed by atoms with Crippen molar-refractivity contribution in [3.8, 4) is 0 Å². The maximum atomic E-state index is 12.5. The summed E-state index contributed by atoms with van der Waals surface area (Å²) in [6.45, 7) is 5.29. The fourth-order valence-electron chi connectivity index (χ4n) is 3.02. The third-order valence-corrected chi connectivity index (χ3v) is 4.12. The lowest BCUT2D eigenvalue weighted by atomic mass is 9.65. The molecule has 1 N–H and O–H groups in total. The third-order valence-electron chi connectivity index (χ3n) is 4.12. The molecule has 0 bridgehead atoms. The van der Waals surface area contributed by atoms with E-state index in [0.717, 1.165) is 0 Å². The Labute approximate surface area is 135 Å². The first-order valence-electron chi connectivity index (χ1n) is 7.72. The van der Waals surface area contributed by atoms with E-state index in [1.165, 1.54) is 0 Å². The van der Waals surface area contributed by atoms with Crippen LogP contribution in [0.5, 0.6) is 0 Å². The molecular formula is C18H22O5. The minimum Gasteiger partial charge on any atom is -0.480 e. The molecule has 0 radical (unpaired) electrons. The Morgan fingerprint density at radius 1 is 1.22 bits per heavy atom. The number of hydrogen-bond acceptors (Lipinski definition) is 4. The number of ketones is 1. The maximum absolute atomic E-state index is 12.5. The van der Waals surface area contributed by atoms with E-state index in [4.69, 9.17) is 4.74 Å². The van der Waals surface area contributed by atoms with Crippen LogP contribution in [0.1, 0.15) is 45.6 Å². The van der Waals surface area contributed by atoms with Crippen molar-refractivity contribution in [2.45, 2.75) is 51.0 Å². The van der Waals surface area contributed by atoms with Crippen LogP contribution >= 0.6 is 0 Å². The van der Waals surface area contributed by atoms with E-state index in [0.29, 0.717) is 12.0 Å². The lowest BCUT2D eigenvalue weighted by Gasteiger charge is -2.36. The average molecular weight is 318 g/mol. The Bertz CT molecular complexity index is 614. The van der Waals surface area contributed by atoms with Crippen LogP contribution in [0.4, 0.5) is 0 Å². The van der Waals surface area contributed by atoms with Crippen molar-refractivity contribution in [2.24, 2.45) is 5.92 Å². The molecule has 0 heterocycles. The Balaban J connectivity index is 2.36. The Morgan fingerprint density at radius 2 is 1.83 bits per heavy atom. The number of Topliss-reactive ketones (excluding diaryl/α,β-unsaturated/α-hetero) is 1. The van der Waals surface area contributed by atoms with Crippen molar-refractivity contribution in [3.05, 3.63) is 35.9 Å². The summed E-state index contributed by atoms with van der Waals surface area (Å²) in [5.41, 5.74) is -1.89. The second-order valence-corrected chi connectivity index (χ2v) is 6.97. The van der Waals surface area contributed by atoms with Gasteiger partial charge in [0.1, 0.15) is 5.60 Å². The zero-order valence-corrected chi connectivity index (χ0v) is 13.7. The standard InChI is InChI=1S/C18H22O5/c1-17(2,3)23-15(20)12-9-10-14(19)18(11-12,16(21)22)13-7-5-4-6-8-13/h4-8,12H,9-11H2,1-3H3,(H,21,22). The van der Waals surface area contributed by atoms with Gasteiger partial charge in [-0.05, 0) is 39.2 Å². The highest BCUT2D eigenvalue weighted by Crippen LogP contribution is 2.40. The molecule has 1 aromatic carbocycles. The van der Waals surface area contributed by atoms with Gasteiger partial charge in [-0.1, -0.05) is 30.3 Å². The number of hydrogen-bond donors (Lipinski definition) is 1. The van der Waals surface area contributed by atoms with E-state index in [1.54, 1.807) is 51.1 Å². The second kappa shape index (κ2) is 6.14. The first kappa shape index (κ1) is 17.2. The minimum absolute atomic E-state index is 0.0555. The molecule has 5 nitrogen and oxygen atoms in total. The number of carbonyl (C=O) groups excluding carboxylic acids is 2. The molecule has 0 saturated heterocycles. The molecule has 23 heavy (non-hydrogen) atoms. The van der Waals surface area contributed by atoms with Gasteiger partial charge in [-0.2, -0.15) is 0 Å². The Kier molecular flexibility index (Phi) is 4.59. The number of carboxylic acid groups (broad SMARTS) is 1.